The van der Waals surface area contributed by atoms with E-state index in [2.05, 4.69) is 4.72 Å². The molecule has 0 aliphatic carbocycles. The normalized spacial score (nSPS) is 17.6. The number of amides is 1. The molecule has 1 heterocycles. The molecule has 0 saturated carbocycles. The summed E-state index contributed by atoms with van der Waals surface area (Å²) in [5, 5.41) is 9.17. The predicted molar refractivity (Wildman–Crippen MR) is 87.7 cm³/mol. The van der Waals surface area contributed by atoms with Crippen LogP contribution in [0.2, 0.25) is 0 Å². The van der Waals surface area contributed by atoms with Crippen LogP contribution in [0.1, 0.15) is 43.0 Å². The van der Waals surface area contributed by atoms with E-state index in [0.29, 0.717) is 5.56 Å². The highest BCUT2D eigenvalue weighted by atomic mass is 32.2. The van der Waals surface area contributed by atoms with Crippen molar-refractivity contribution in [2.24, 2.45) is 0 Å². The Labute approximate surface area is 137 Å². The molecule has 0 aromatic heterocycles. The summed E-state index contributed by atoms with van der Waals surface area (Å²) in [6.07, 6.45) is 3.57. The maximum absolute atomic E-state index is 12.5. The van der Waals surface area contributed by atoms with E-state index >= 15 is 0 Å². The van der Waals surface area contributed by atoms with Gasteiger partial charge in [0.2, 0.25) is 10.0 Å². The fourth-order valence-electron chi connectivity index (χ4n) is 2.55. The van der Waals surface area contributed by atoms with E-state index in [9.17, 15) is 13.2 Å². The molecular weight excluding hydrogens is 316 g/mol. The summed E-state index contributed by atoms with van der Waals surface area (Å²) in [6, 6.07) is 5.94. The van der Waals surface area contributed by atoms with Crippen LogP contribution in [0.4, 0.5) is 0 Å². The van der Waals surface area contributed by atoms with Crippen molar-refractivity contribution < 1.29 is 18.3 Å². The van der Waals surface area contributed by atoms with Crippen LogP contribution in [-0.2, 0) is 10.0 Å². The molecule has 23 heavy (non-hydrogen) atoms. The van der Waals surface area contributed by atoms with Gasteiger partial charge in [-0.15, -0.1) is 0 Å². The van der Waals surface area contributed by atoms with E-state index in [1.54, 1.807) is 12.1 Å². The predicted octanol–water partition coefficient (Wildman–Crippen LogP) is 1.36. The van der Waals surface area contributed by atoms with Gasteiger partial charge in [-0.2, -0.15) is 0 Å². The van der Waals surface area contributed by atoms with Crippen LogP contribution in [0.25, 0.3) is 0 Å². The highest BCUT2D eigenvalue weighted by Gasteiger charge is 2.19. The number of hydrogen-bond acceptors (Lipinski definition) is 4. The lowest BCUT2D eigenvalue weighted by Crippen LogP contribution is -2.32. The van der Waals surface area contributed by atoms with Crippen LogP contribution in [0.5, 0.6) is 0 Å². The summed E-state index contributed by atoms with van der Waals surface area (Å²) in [5.41, 5.74) is 0.501. The molecule has 1 atom stereocenters. The SMILES string of the molecule is C[C@@H](O)CNS(=O)(=O)c1ccc(C(=O)N2CCCCCC2)cc1. The smallest absolute Gasteiger partial charge is 0.253 e. The zero-order chi connectivity index (χ0) is 16.9. The van der Waals surface area contributed by atoms with Crippen LogP contribution in [0.3, 0.4) is 0 Å². The number of hydrogen-bond donors (Lipinski definition) is 2. The second kappa shape index (κ2) is 7.90. The van der Waals surface area contributed by atoms with Crippen molar-refractivity contribution in [3.05, 3.63) is 29.8 Å². The number of aliphatic hydroxyl groups excluding tert-OH is 1. The molecule has 1 aliphatic heterocycles. The van der Waals surface area contributed by atoms with Crippen molar-refractivity contribution in [2.45, 2.75) is 43.6 Å². The molecule has 0 bridgehead atoms. The molecule has 2 N–H and O–H groups in total. The molecule has 7 heteroatoms. The van der Waals surface area contributed by atoms with Gasteiger partial charge < -0.3 is 10.0 Å². The molecule has 6 nitrogen and oxygen atoms in total. The number of rotatable bonds is 5. The lowest BCUT2D eigenvalue weighted by molar-refractivity contribution is 0.0761. The minimum atomic E-state index is -3.66. The molecule has 1 amide bonds. The number of likely N-dealkylation sites (tertiary alicyclic amines) is 1. The van der Waals surface area contributed by atoms with Gasteiger partial charge in [-0.25, -0.2) is 13.1 Å². The lowest BCUT2D eigenvalue weighted by atomic mass is 10.2. The zero-order valence-electron chi connectivity index (χ0n) is 13.4. The van der Waals surface area contributed by atoms with Crippen LogP contribution in [0, 0.1) is 0 Å². The average molecular weight is 340 g/mol. The first-order valence-corrected chi connectivity index (χ1v) is 9.45. The minimum absolute atomic E-state index is 0.0448. The fraction of sp³-hybridized carbons (Fsp3) is 0.562. The standard InChI is InChI=1S/C16H24N2O4S/c1-13(19)12-17-23(21,22)15-8-6-14(7-9-15)16(20)18-10-4-2-3-5-11-18/h6-9,13,17,19H,2-5,10-12H2,1H3/t13-/m1/s1. The minimum Gasteiger partial charge on any atom is -0.392 e. The van der Waals surface area contributed by atoms with Crippen molar-refractivity contribution in [1.82, 2.24) is 9.62 Å². The number of benzene rings is 1. The number of sulfonamides is 1. The second-order valence-electron chi connectivity index (χ2n) is 5.93. The van der Waals surface area contributed by atoms with Crippen molar-refractivity contribution >= 4 is 15.9 Å². The Morgan fingerprint density at radius 3 is 2.26 bits per heavy atom. The largest absolute Gasteiger partial charge is 0.392 e. The van der Waals surface area contributed by atoms with Gasteiger partial charge >= 0.3 is 0 Å². The first kappa shape index (κ1) is 17.9. The second-order valence-corrected chi connectivity index (χ2v) is 7.70. The van der Waals surface area contributed by atoms with Crippen LogP contribution in [0.15, 0.2) is 29.2 Å². The molecule has 0 radical (unpaired) electrons. The van der Waals surface area contributed by atoms with Crippen molar-refractivity contribution in [3.63, 3.8) is 0 Å². The topological polar surface area (TPSA) is 86.7 Å². The fourth-order valence-corrected chi connectivity index (χ4v) is 3.67. The molecule has 0 unspecified atom stereocenters. The van der Waals surface area contributed by atoms with Crippen molar-refractivity contribution in [3.8, 4) is 0 Å². The average Bonchev–Trinajstić information content (AvgIpc) is 2.82. The summed E-state index contributed by atoms with van der Waals surface area (Å²) in [6.45, 7) is 2.98. The Hall–Kier alpha value is -1.44. The van der Waals surface area contributed by atoms with Crippen molar-refractivity contribution in [1.29, 1.82) is 0 Å². The number of nitrogens with one attached hydrogen (secondary N) is 1. The quantitative estimate of drug-likeness (QED) is 0.847. The summed E-state index contributed by atoms with van der Waals surface area (Å²) in [7, 11) is -3.66. The van der Waals surface area contributed by atoms with E-state index in [0.717, 1.165) is 38.8 Å². The number of carbonyl (C=O) groups is 1. The molecule has 2 rings (SSSR count). The van der Waals surface area contributed by atoms with E-state index < -0.39 is 16.1 Å². The molecule has 1 aliphatic rings. The summed E-state index contributed by atoms with van der Waals surface area (Å²) < 4.78 is 26.4. The molecular formula is C16H24N2O4S. The van der Waals surface area contributed by atoms with Gasteiger partial charge in [-0.05, 0) is 44.0 Å². The maximum atomic E-state index is 12.5. The van der Waals surface area contributed by atoms with E-state index in [1.165, 1.54) is 19.1 Å². The monoisotopic (exact) mass is 340 g/mol. The third kappa shape index (κ3) is 5.02. The summed E-state index contributed by atoms with van der Waals surface area (Å²) in [4.78, 5) is 14.4. The number of nitrogens with zero attached hydrogens (tertiary/aromatic N) is 1. The Morgan fingerprint density at radius 1 is 1.17 bits per heavy atom. The van der Waals surface area contributed by atoms with Gasteiger partial charge in [0.25, 0.3) is 5.91 Å². The Balaban J connectivity index is 2.07. The molecule has 1 aromatic carbocycles. The Bertz CT molecular complexity index is 618. The van der Waals surface area contributed by atoms with Crippen LogP contribution in [-0.4, -0.2) is 50.1 Å². The van der Waals surface area contributed by atoms with E-state index in [-0.39, 0.29) is 17.3 Å². The molecule has 1 aromatic rings. The van der Waals surface area contributed by atoms with Gasteiger partial charge in [-0.3, -0.25) is 4.79 Å². The van der Waals surface area contributed by atoms with Crippen LogP contribution >= 0.6 is 0 Å². The number of aliphatic hydroxyl groups is 1. The molecule has 1 saturated heterocycles. The summed E-state index contributed by atoms with van der Waals surface area (Å²) >= 11 is 0. The first-order valence-electron chi connectivity index (χ1n) is 7.97. The molecule has 128 valence electrons. The van der Waals surface area contributed by atoms with Gasteiger partial charge in [0.1, 0.15) is 0 Å². The highest BCUT2D eigenvalue weighted by molar-refractivity contribution is 7.89. The maximum Gasteiger partial charge on any atom is 0.253 e. The Kier molecular flexibility index (Phi) is 6.15. The van der Waals surface area contributed by atoms with E-state index in [4.69, 9.17) is 5.11 Å². The van der Waals surface area contributed by atoms with Gasteiger partial charge in [0.05, 0.1) is 11.0 Å². The van der Waals surface area contributed by atoms with Gasteiger partial charge in [0, 0.05) is 25.2 Å². The Morgan fingerprint density at radius 2 is 1.74 bits per heavy atom. The molecule has 0 spiro atoms. The van der Waals surface area contributed by atoms with Gasteiger partial charge in [0.15, 0.2) is 0 Å². The summed E-state index contributed by atoms with van der Waals surface area (Å²) in [5.74, 6) is -0.0483. The van der Waals surface area contributed by atoms with Crippen LogP contribution < -0.4 is 4.72 Å². The first-order chi connectivity index (χ1) is 10.9. The zero-order valence-corrected chi connectivity index (χ0v) is 14.2. The van der Waals surface area contributed by atoms with E-state index in [1.807, 2.05) is 4.90 Å². The highest BCUT2D eigenvalue weighted by Crippen LogP contribution is 2.15. The third-order valence-electron chi connectivity index (χ3n) is 3.87. The van der Waals surface area contributed by atoms with Gasteiger partial charge in [-0.1, -0.05) is 12.8 Å². The van der Waals surface area contributed by atoms with Crippen molar-refractivity contribution in [2.75, 3.05) is 19.6 Å². The molecule has 1 fully saturated rings. The number of carbonyl (C=O) groups excluding carboxylic acids is 1. The third-order valence-corrected chi connectivity index (χ3v) is 5.31. The lowest BCUT2D eigenvalue weighted by Gasteiger charge is -2.20.